The minimum Gasteiger partial charge on any atom is -0.595 e. The Kier molecular flexibility index (Phi) is 8.39. The van der Waals surface area contributed by atoms with Gasteiger partial charge in [0.05, 0.1) is 10.9 Å². The molecule has 0 heterocycles. The van der Waals surface area contributed by atoms with Crippen LogP contribution in [0.3, 0.4) is 0 Å². The molecular weight excluding hydrogens is 377 g/mol. The molecule has 0 spiro atoms. The topological polar surface area (TPSA) is 91.1 Å². The fourth-order valence-corrected chi connectivity index (χ4v) is 6.24. The molecule has 0 saturated carbocycles. The molecule has 7 heteroatoms. The molecule has 152 valence electrons. The molecule has 1 unspecified atom stereocenters. The van der Waals surface area contributed by atoms with Crippen molar-refractivity contribution in [2.24, 2.45) is 0 Å². The van der Waals surface area contributed by atoms with Crippen molar-refractivity contribution in [1.82, 2.24) is 0 Å². The fourth-order valence-electron chi connectivity index (χ4n) is 3.00. The average molecular weight is 405 g/mol. The zero-order valence-corrected chi connectivity index (χ0v) is 17.3. The van der Waals surface area contributed by atoms with Gasteiger partial charge in [0.2, 0.25) is 0 Å². The van der Waals surface area contributed by atoms with Gasteiger partial charge in [-0.2, -0.15) is 5.23 Å². The number of ether oxygens (including phenoxy) is 1. The van der Waals surface area contributed by atoms with Gasteiger partial charge in [-0.15, -0.1) is 0 Å². The summed E-state index contributed by atoms with van der Waals surface area (Å²) in [6, 6.07) is 12.7. The van der Waals surface area contributed by atoms with E-state index in [4.69, 9.17) is 9.94 Å². The van der Waals surface area contributed by atoms with E-state index in [0.717, 1.165) is 25.7 Å². The maximum absolute atomic E-state index is 13.7. The Bertz CT molecular complexity index is 825. The quantitative estimate of drug-likeness (QED) is 0.271. The Hall–Kier alpha value is -1.98. The number of benzene rings is 2. The molecule has 2 aromatic carbocycles. The smallest absolute Gasteiger partial charge is 0.343 e. The second kappa shape index (κ2) is 10.5. The number of hydrogen-bond donors (Lipinski definition) is 2. The number of quaternary nitrogens is 1. The monoisotopic (exact) mass is 405 g/mol. The van der Waals surface area contributed by atoms with E-state index < -0.39 is 18.3 Å². The molecule has 0 fully saturated rings. The van der Waals surface area contributed by atoms with Crippen LogP contribution in [0.2, 0.25) is 0 Å². The molecular formula is C21H28NO5P. The van der Waals surface area contributed by atoms with Crippen LogP contribution in [0.25, 0.3) is 0 Å². The Morgan fingerprint density at radius 2 is 1.71 bits per heavy atom. The molecule has 6 nitrogen and oxygen atoms in total. The second-order valence-electron chi connectivity index (χ2n) is 6.79. The highest BCUT2D eigenvalue weighted by Crippen LogP contribution is 2.48. The van der Waals surface area contributed by atoms with E-state index in [2.05, 4.69) is 13.8 Å². The van der Waals surface area contributed by atoms with Crippen LogP contribution in [0.5, 0.6) is 5.75 Å². The highest BCUT2D eigenvalue weighted by molar-refractivity contribution is 7.71. The van der Waals surface area contributed by atoms with Crippen molar-refractivity contribution in [1.29, 1.82) is 0 Å². The minimum absolute atomic E-state index is 0.0132. The lowest BCUT2D eigenvalue weighted by atomic mass is 10.2. The maximum atomic E-state index is 13.7. The van der Waals surface area contributed by atoms with E-state index in [1.54, 1.807) is 18.2 Å². The standard InChI is InChI=1S/C21H28NO5P/c1-3-5-14-28(26,15-6-4-2)20-13-8-7-12-19(20)27-21(23)17-10-9-11-18(16-17)22(24)25/h7-13,16,22,24H,3-6,14-15H2,1-2H3. The zero-order valence-electron chi connectivity index (χ0n) is 16.4. The third kappa shape index (κ3) is 5.76. The van der Waals surface area contributed by atoms with Gasteiger partial charge in [-0.1, -0.05) is 44.9 Å². The van der Waals surface area contributed by atoms with E-state index in [9.17, 15) is 14.6 Å². The summed E-state index contributed by atoms with van der Waals surface area (Å²) < 4.78 is 19.3. The van der Waals surface area contributed by atoms with Gasteiger partial charge in [-0.3, -0.25) is 0 Å². The molecule has 1 atom stereocenters. The number of nitrogens with one attached hydrogen (secondary N) is 1. The summed E-state index contributed by atoms with van der Waals surface area (Å²) in [4.78, 5) is 12.6. The van der Waals surface area contributed by atoms with Crippen molar-refractivity contribution in [2.45, 2.75) is 39.5 Å². The predicted octanol–water partition coefficient (Wildman–Crippen LogP) is 3.90. The Labute approximate surface area is 166 Å². The van der Waals surface area contributed by atoms with Crippen LogP contribution in [0.15, 0.2) is 48.5 Å². The lowest BCUT2D eigenvalue weighted by Gasteiger charge is -2.21. The summed E-state index contributed by atoms with van der Waals surface area (Å²) in [7, 11) is -2.69. The largest absolute Gasteiger partial charge is 0.595 e. The molecule has 0 aliphatic carbocycles. The van der Waals surface area contributed by atoms with Crippen molar-refractivity contribution >= 4 is 24.1 Å². The molecule has 0 saturated heterocycles. The molecule has 28 heavy (non-hydrogen) atoms. The van der Waals surface area contributed by atoms with Gasteiger partial charge < -0.3 is 14.5 Å². The zero-order chi connectivity index (χ0) is 20.6. The number of carbonyl (C=O) groups excluding carboxylic acids is 1. The number of esters is 1. The van der Waals surface area contributed by atoms with E-state index in [-0.39, 0.29) is 11.3 Å². The average Bonchev–Trinajstić information content (AvgIpc) is 2.71. The summed E-state index contributed by atoms with van der Waals surface area (Å²) in [5, 5.41) is 19.7. The van der Waals surface area contributed by atoms with Gasteiger partial charge in [-0.05, 0) is 31.0 Å². The number of carbonyl (C=O) groups is 1. The van der Waals surface area contributed by atoms with Gasteiger partial charge in [-0.25, -0.2) is 10.0 Å². The summed E-state index contributed by atoms with van der Waals surface area (Å²) in [5.41, 5.74) is 0.158. The highest BCUT2D eigenvalue weighted by Gasteiger charge is 2.28. The van der Waals surface area contributed by atoms with Crippen LogP contribution in [-0.4, -0.2) is 23.5 Å². The van der Waals surface area contributed by atoms with Gasteiger partial charge in [0.1, 0.15) is 12.9 Å². The highest BCUT2D eigenvalue weighted by atomic mass is 31.2. The van der Waals surface area contributed by atoms with Crippen LogP contribution in [0.4, 0.5) is 5.69 Å². The predicted molar refractivity (Wildman–Crippen MR) is 110 cm³/mol. The molecule has 2 N–H and O–H groups in total. The van der Waals surface area contributed by atoms with E-state index in [1.165, 1.54) is 24.3 Å². The first-order valence-corrected chi connectivity index (χ1v) is 11.7. The van der Waals surface area contributed by atoms with Crippen LogP contribution in [-0.2, 0) is 4.57 Å². The van der Waals surface area contributed by atoms with Crippen LogP contribution >= 0.6 is 7.14 Å². The van der Waals surface area contributed by atoms with E-state index in [0.29, 0.717) is 23.4 Å². The molecule has 0 aromatic heterocycles. The van der Waals surface area contributed by atoms with E-state index >= 15 is 0 Å². The van der Waals surface area contributed by atoms with Crippen molar-refractivity contribution in [3.8, 4) is 5.75 Å². The van der Waals surface area contributed by atoms with Crippen LogP contribution < -0.4 is 15.3 Å². The number of para-hydroxylation sites is 1. The van der Waals surface area contributed by atoms with Crippen molar-refractivity contribution in [3.63, 3.8) is 0 Å². The minimum atomic E-state index is -2.69. The van der Waals surface area contributed by atoms with E-state index in [1.807, 2.05) is 6.07 Å². The summed E-state index contributed by atoms with van der Waals surface area (Å²) in [5.74, 6) is -0.364. The van der Waals surface area contributed by atoms with Crippen LogP contribution in [0.1, 0.15) is 49.9 Å². The third-order valence-electron chi connectivity index (χ3n) is 4.60. The Morgan fingerprint density at radius 3 is 2.32 bits per heavy atom. The molecule has 0 amide bonds. The first-order chi connectivity index (χ1) is 13.4. The van der Waals surface area contributed by atoms with Gasteiger partial charge >= 0.3 is 5.97 Å². The Balaban J connectivity index is 2.33. The molecule has 0 aliphatic heterocycles. The Morgan fingerprint density at radius 1 is 1.07 bits per heavy atom. The molecule has 0 bridgehead atoms. The lowest BCUT2D eigenvalue weighted by Crippen LogP contribution is -2.99. The molecule has 0 aliphatic rings. The van der Waals surface area contributed by atoms with Gasteiger partial charge in [0.15, 0.2) is 5.69 Å². The first-order valence-electron chi connectivity index (χ1n) is 9.64. The normalized spacial score (nSPS) is 12.6. The molecule has 2 rings (SSSR count). The van der Waals surface area contributed by atoms with Crippen LogP contribution in [0, 0.1) is 5.21 Å². The van der Waals surface area contributed by atoms with Crippen molar-refractivity contribution < 1.29 is 24.5 Å². The molecule has 0 radical (unpaired) electrons. The van der Waals surface area contributed by atoms with Crippen molar-refractivity contribution in [2.75, 3.05) is 12.3 Å². The lowest BCUT2D eigenvalue weighted by molar-refractivity contribution is -0.991. The number of hydrogen-bond acceptors (Lipinski definition) is 5. The molecule has 2 aromatic rings. The summed E-state index contributed by atoms with van der Waals surface area (Å²) >= 11 is 0. The first kappa shape index (κ1) is 22.3. The number of unbranched alkanes of at least 4 members (excludes halogenated alkanes) is 2. The summed E-state index contributed by atoms with van der Waals surface area (Å²) in [6.45, 7) is 4.12. The van der Waals surface area contributed by atoms with Gasteiger partial charge in [0, 0.05) is 24.5 Å². The SMILES string of the molecule is CCCCP(=O)(CCCC)c1ccccc1OC(=O)c1cccc([NH+]([O-])O)c1. The van der Waals surface area contributed by atoms with Gasteiger partial charge in [0.25, 0.3) is 0 Å². The fraction of sp³-hybridized carbons (Fsp3) is 0.381. The number of rotatable bonds is 10. The van der Waals surface area contributed by atoms with Crippen molar-refractivity contribution in [3.05, 3.63) is 59.3 Å². The third-order valence-corrected chi connectivity index (χ3v) is 7.92. The maximum Gasteiger partial charge on any atom is 0.343 e. The summed E-state index contributed by atoms with van der Waals surface area (Å²) in [6.07, 6.45) is 4.77. The second-order valence-corrected chi connectivity index (χ2v) is 9.94.